The highest BCUT2D eigenvalue weighted by Crippen LogP contribution is 2.19. The van der Waals surface area contributed by atoms with E-state index in [0.717, 1.165) is 18.2 Å². The Morgan fingerprint density at radius 2 is 2.00 bits per heavy atom. The van der Waals surface area contributed by atoms with E-state index >= 15 is 0 Å². The number of carbonyl (C=O) groups is 1. The van der Waals surface area contributed by atoms with Gasteiger partial charge in [0.25, 0.3) is 11.6 Å². The molecule has 6 nitrogen and oxygen atoms in total. The molecule has 102 valence electrons. The normalized spacial score (nSPS) is 10.1. The van der Waals surface area contributed by atoms with Gasteiger partial charge in [-0.15, -0.1) is 0 Å². The highest BCUT2D eigenvalue weighted by Gasteiger charge is 2.14. The number of non-ortho nitro benzene ring substituents is 1. The van der Waals surface area contributed by atoms with Crippen LogP contribution in [0.5, 0.6) is 5.75 Å². The van der Waals surface area contributed by atoms with E-state index in [9.17, 15) is 24.4 Å². The SMILES string of the molecule is O=C(Nc1cccc(O)c1)c1cc(F)cc([N+](=O)[O-])c1. The number of nitrogens with one attached hydrogen (secondary N) is 1. The van der Waals surface area contributed by atoms with Crippen molar-refractivity contribution < 1.29 is 19.2 Å². The number of hydrogen-bond acceptors (Lipinski definition) is 4. The van der Waals surface area contributed by atoms with Crippen molar-refractivity contribution in [3.63, 3.8) is 0 Å². The van der Waals surface area contributed by atoms with E-state index < -0.39 is 22.3 Å². The minimum atomic E-state index is -0.875. The molecule has 0 unspecified atom stereocenters. The summed E-state index contributed by atoms with van der Waals surface area (Å²) in [4.78, 5) is 21.7. The van der Waals surface area contributed by atoms with E-state index in [1.165, 1.54) is 24.3 Å². The monoisotopic (exact) mass is 276 g/mol. The summed E-state index contributed by atoms with van der Waals surface area (Å²) in [5.74, 6) is -1.63. The predicted molar refractivity (Wildman–Crippen MR) is 69.1 cm³/mol. The largest absolute Gasteiger partial charge is 0.508 e. The smallest absolute Gasteiger partial charge is 0.273 e. The molecule has 2 N–H and O–H groups in total. The average molecular weight is 276 g/mol. The van der Waals surface area contributed by atoms with E-state index in [0.29, 0.717) is 5.69 Å². The van der Waals surface area contributed by atoms with Crippen LogP contribution in [0.25, 0.3) is 0 Å². The topological polar surface area (TPSA) is 92.5 Å². The molecule has 0 radical (unpaired) electrons. The van der Waals surface area contributed by atoms with Crippen LogP contribution in [-0.2, 0) is 0 Å². The van der Waals surface area contributed by atoms with Gasteiger partial charge in [-0.25, -0.2) is 4.39 Å². The zero-order chi connectivity index (χ0) is 14.7. The van der Waals surface area contributed by atoms with Gasteiger partial charge in [0, 0.05) is 23.4 Å². The number of nitro groups is 1. The molecule has 2 rings (SSSR count). The van der Waals surface area contributed by atoms with E-state index in [4.69, 9.17) is 0 Å². The first-order valence-electron chi connectivity index (χ1n) is 5.51. The zero-order valence-corrected chi connectivity index (χ0v) is 10.0. The van der Waals surface area contributed by atoms with Crippen LogP contribution in [0.1, 0.15) is 10.4 Å². The number of rotatable bonds is 3. The number of hydrogen-bond donors (Lipinski definition) is 2. The minimum Gasteiger partial charge on any atom is -0.508 e. The number of aromatic hydroxyl groups is 1. The molecule has 0 aliphatic rings. The number of phenols is 1. The number of nitrogens with zero attached hydrogens (tertiary/aromatic N) is 1. The summed E-state index contributed by atoms with van der Waals surface area (Å²) in [7, 11) is 0. The van der Waals surface area contributed by atoms with Crippen molar-refractivity contribution in [2.24, 2.45) is 0 Å². The van der Waals surface area contributed by atoms with Crippen molar-refractivity contribution in [3.05, 3.63) is 64.0 Å². The van der Waals surface area contributed by atoms with Crippen LogP contribution in [0.4, 0.5) is 15.8 Å². The number of nitro benzene ring substituents is 1. The molecule has 0 saturated carbocycles. The third-order valence-corrected chi connectivity index (χ3v) is 2.46. The molecule has 0 spiro atoms. The lowest BCUT2D eigenvalue weighted by Crippen LogP contribution is -2.12. The summed E-state index contributed by atoms with van der Waals surface area (Å²) in [5, 5.41) is 22.3. The fourth-order valence-corrected chi connectivity index (χ4v) is 1.60. The lowest BCUT2D eigenvalue weighted by atomic mass is 10.1. The lowest BCUT2D eigenvalue weighted by Gasteiger charge is -2.05. The van der Waals surface area contributed by atoms with Crippen molar-refractivity contribution in [1.82, 2.24) is 0 Å². The number of halogens is 1. The van der Waals surface area contributed by atoms with Crippen LogP contribution in [0, 0.1) is 15.9 Å². The van der Waals surface area contributed by atoms with Crippen LogP contribution in [0.3, 0.4) is 0 Å². The van der Waals surface area contributed by atoms with E-state index in [-0.39, 0.29) is 11.3 Å². The molecule has 0 bridgehead atoms. The molecular formula is C13H9FN2O4. The second-order valence-corrected chi connectivity index (χ2v) is 3.96. The molecule has 2 aromatic carbocycles. The Labute approximate surface area is 112 Å². The van der Waals surface area contributed by atoms with Crippen LogP contribution in [0.2, 0.25) is 0 Å². The van der Waals surface area contributed by atoms with Gasteiger partial charge in [0.2, 0.25) is 0 Å². The van der Waals surface area contributed by atoms with Gasteiger partial charge in [-0.05, 0) is 18.2 Å². The number of amides is 1. The summed E-state index contributed by atoms with van der Waals surface area (Å²) in [5.41, 5.74) is -0.395. The van der Waals surface area contributed by atoms with Gasteiger partial charge in [0.1, 0.15) is 11.6 Å². The lowest BCUT2D eigenvalue weighted by molar-refractivity contribution is -0.385. The number of benzene rings is 2. The number of phenolic OH excluding ortho intramolecular Hbond substituents is 1. The number of anilines is 1. The third-order valence-electron chi connectivity index (χ3n) is 2.46. The fourth-order valence-electron chi connectivity index (χ4n) is 1.60. The molecule has 0 fully saturated rings. The quantitative estimate of drug-likeness (QED) is 0.665. The Bertz CT molecular complexity index is 688. The first kappa shape index (κ1) is 13.5. The summed E-state index contributed by atoms with van der Waals surface area (Å²) in [6.07, 6.45) is 0. The van der Waals surface area contributed by atoms with Crippen LogP contribution in [-0.4, -0.2) is 15.9 Å². The fraction of sp³-hybridized carbons (Fsp3) is 0. The predicted octanol–water partition coefficient (Wildman–Crippen LogP) is 2.69. The van der Waals surface area contributed by atoms with Gasteiger partial charge >= 0.3 is 0 Å². The molecular weight excluding hydrogens is 267 g/mol. The van der Waals surface area contributed by atoms with Gasteiger partial charge in [-0.1, -0.05) is 6.07 Å². The molecule has 7 heteroatoms. The molecule has 0 atom stereocenters. The highest BCUT2D eigenvalue weighted by atomic mass is 19.1. The Morgan fingerprint density at radius 1 is 1.25 bits per heavy atom. The van der Waals surface area contributed by atoms with Crippen molar-refractivity contribution >= 4 is 17.3 Å². The Balaban J connectivity index is 2.27. The number of carbonyl (C=O) groups excluding carboxylic acids is 1. The first-order valence-corrected chi connectivity index (χ1v) is 5.51. The summed E-state index contributed by atoms with van der Waals surface area (Å²) < 4.78 is 13.2. The molecule has 0 aliphatic heterocycles. The summed E-state index contributed by atoms with van der Waals surface area (Å²) in [6.45, 7) is 0. The maximum absolute atomic E-state index is 13.2. The third kappa shape index (κ3) is 3.08. The van der Waals surface area contributed by atoms with Crippen molar-refractivity contribution in [3.8, 4) is 5.75 Å². The molecule has 0 aliphatic carbocycles. The maximum atomic E-state index is 13.2. The average Bonchev–Trinajstić information content (AvgIpc) is 2.37. The van der Waals surface area contributed by atoms with Crippen molar-refractivity contribution in [2.45, 2.75) is 0 Å². The van der Waals surface area contributed by atoms with Crippen LogP contribution in [0.15, 0.2) is 42.5 Å². The Hall–Kier alpha value is -2.96. The first-order chi connectivity index (χ1) is 9.45. The molecule has 0 aromatic heterocycles. The second kappa shape index (κ2) is 5.35. The van der Waals surface area contributed by atoms with E-state index in [1.54, 1.807) is 0 Å². The van der Waals surface area contributed by atoms with Gasteiger partial charge in [0.05, 0.1) is 11.0 Å². The maximum Gasteiger partial charge on any atom is 0.273 e. The van der Waals surface area contributed by atoms with Gasteiger partial charge < -0.3 is 10.4 Å². The molecule has 0 saturated heterocycles. The molecule has 2 aromatic rings. The molecule has 1 amide bonds. The van der Waals surface area contributed by atoms with E-state index in [1.807, 2.05) is 0 Å². The van der Waals surface area contributed by atoms with Crippen LogP contribution >= 0.6 is 0 Å². The summed E-state index contributed by atoms with van der Waals surface area (Å²) in [6, 6.07) is 8.34. The summed E-state index contributed by atoms with van der Waals surface area (Å²) >= 11 is 0. The molecule has 0 heterocycles. The van der Waals surface area contributed by atoms with E-state index in [2.05, 4.69) is 5.32 Å². The van der Waals surface area contributed by atoms with Crippen molar-refractivity contribution in [2.75, 3.05) is 5.32 Å². The van der Waals surface area contributed by atoms with Crippen LogP contribution < -0.4 is 5.32 Å². The Morgan fingerprint density at radius 3 is 2.65 bits per heavy atom. The zero-order valence-electron chi connectivity index (χ0n) is 10.0. The standard InChI is InChI=1S/C13H9FN2O4/c14-9-4-8(5-11(6-9)16(19)20)13(18)15-10-2-1-3-12(17)7-10/h1-7,17H,(H,15,18). The minimum absolute atomic E-state index is 0.0481. The van der Waals surface area contributed by atoms with Gasteiger partial charge in [-0.3, -0.25) is 14.9 Å². The highest BCUT2D eigenvalue weighted by molar-refractivity contribution is 6.04. The van der Waals surface area contributed by atoms with Crippen molar-refractivity contribution in [1.29, 1.82) is 0 Å². The van der Waals surface area contributed by atoms with Gasteiger partial charge in [0.15, 0.2) is 0 Å². The molecule has 20 heavy (non-hydrogen) atoms. The Kier molecular flexibility index (Phi) is 3.60. The second-order valence-electron chi connectivity index (χ2n) is 3.96. The van der Waals surface area contributed by atoms with Gasteiger partial charge in [-0.2, -0.15) is 0 Å².